The first-order chi connectivity index (χ1) is 14.4. The molecule has 1 aromatic heterocycles. The SMILES string of the molecule is Cc1ccc2c(C)c3c(c(C)c2c1)-c1c2c(cc4ccc(F)cc4c2cc[n+]1C)O3. The summed E-state index contributed by atoms with van der Waals surface area (Å²) in [5.41, 5.74) is 5.85. The van der Waals surface area contributed by atoms with Crippen LogP contribution in [0, 0.1) is 26.6 Å². The molecule has 2 heterocycles. The second-order valence-electron chi connectivity index (χ2n) is 8.41. The first-order valence-corrected chi connectivity index (χ1v) is 10.2. The molecule has 0 fully saturated rings. The zero-order chi connectivity index (χ0) is 20.7. The second kappa shape index (κ2) is 5.79. The lowest BCUT2D eigenvalue weighted by atomic mass is 9.88. The van der Waals surface area contributed by atoms with Crippen LogP contribution in [0.25, 0.3) is 43.6 Å². The highest BCUT2D eigenvalue weighted by Crippen LogP contribution is 2.51. The Kier molecular flexibility index (Phi) is 3.36. The number of rotatable bonds is 0. The summed E-state index contributed by atoms with van der Waals surface area (Å²) in [4.78, 5) is 0. The number of aryl methyl sites for hydroxylation is 4. The summed E-state index contributed by atoms with van der Waals surface area (Å²) in [6.07, 6.45) is 2.07. The maximum Gasteiger partial charge on any atom is 0.228 e. The molecule has 0 atom stereocenters. The van der Waals surface area contributed by atoms with Crippen LogP contribution in [0.2, 0.25) is 0 Å². The zero-order valence-electron chi connectivity index (χ0n) is 17.4. The van der Waals surface area contributed by atoms with Crippen molar-refractivity contribution in [3.63, 3.8) is 0 Å². The summed E-state index contributed by atoms with van der Waals surface area (Å²) in [7, 11) is 2.07. The largest absolute Gasteiger partial charge is 0.455 e. The fourth-order valence-electron chi connectivity index (χ4n) is 5.04. The number of hydrogen-bond donors (Lipinski definition) is 0. The first kappa shape index (κ1) is 17.4. The van der Waals surface area contributed by atoms with Crippen molar-refractivity contribution in [1.82, 2.24) is 0 Å². The van der Waals surface area contributed by atoms with Gasteiger partial charge in [-0.3, -0.25) is 0 Å². The third-order valence-corrected chi connectivity index (χ3v) is 6.54. The van der Waals surface area contributed by atoms with E-state index in [1.165, 1.54) is 28.0 Å². The predicted octanol–water partition coefficient (Wildman–Crippen LogP) is 6.81. The van der Waals surface area contributed by atoms with Gasteiger partial charge in [0.1, 0.15) is 24.4 Å². The molecule has 0 aliphatic carbocycles. The molecule has 0 radical (unpaired) electrons. The van der Waals surface area contributed by atoms with Crippen LogP contribution in [-0.4, -0.2) is 0 Å². The van der Waals surface area contributed by atoms with Crippen molar-refractivity contribution in [3.05, 3.63) is 77.2 Å². The van der Waals surface area contributed by atoms with Gasteiger partial charge in [0.05, 0.1) is 10.9 Å². The molecule has 1 aliphatic rings. The van der Waals surface area contributed by atoms with Crippen LogP contribution in [0.1, 0.15) is 16.7 Å². The van der Waals surface area contributed by atoms with E-state index in [0.717, 1.165) is 49.9 Å². The predicted molar refractivity (Wildman–Crippen MR) is 120 cm³/mol. The Morgan fingerprint density at radius 2 is 1.63 bits per heavy atom. The van der Waals surface area contributed by atoms with Crippen LogP contribution in [-0.2, 0) is 7.05 Å². The topological polar surface area (TPSA) is 13.1 Å². The molecular weight excluding hydrogens is 373 g/mol. The molecule has 5 aromatic rings. The summed E-state index contributed by atoms with van der Waals surface area (Å²) in [6.45, 7) is 6.44. The van der Waals surface area contributed by atoms with Crippen LogP contribution in [0.5, 0.6) is 11.5 Å². The summed E-state index contributed by atoms with van der Waals surface area (Å²) in [5, 5.41) is 6.42. The standard InChI is InChI=1S/C27H21FNO/c1-14-5-8-19-16(3)27-24(15(2)21(19)11-14)26-25-20(9-10-29(26)4)22-13-18(28)7-6-17(22)12-23(25)30-27/h5-13H,1-4H3/q+1. The highest BCUT2D eigenvalue weighted by Gasteiger charge is 2.32. The number of nitrogens with zero attached hydrogens (tertiary/aromatic N) is 1. The van der Waals surface area contributed by atoms with Crippen molar-refractivity contribution in [1.29, 1.82) is 0 Å². The van der Waals surface area contributed by atoms with Gasteiger partial charge in [0.15, 0.2) is 6.20 Å². The molecule has 2 nitrogen and oxygen atoms in total. The van der Waals surface area contributed by atoms with E-state index in [1.807, 2.05) is 12.1 Å². The fraction of sp³-hybridized carbons (Fsp3) is 0.148. The number of aromatic nitrogens is 1. The van der Waals surface area contributed by atoms with Crippen LogP contribution in [0.4, 0.5) is 4.39 Å². The van der Waals surface area contributed by atoms with E-state index in [9.17, 15) is 4.39 Å². The van der Waals surface area contributed by atoms with Crippen molar-refractivity contribution in [3.8, 4) is 22.8 Å². The van der Waals surface area contributed by atoms with Gasteiger partial charge < -0.3 is 4.74 Å². The lowest BCUT2D eigenvalue weighted by molar-refractivity contribution is -0.659. The maximum atomic E-state index is 14.1. The summed E-state index contributed by atoms with van der Waals surface area (Å²) in [5.74, 6) is 1.52. The number of ether oxygens (including phenoxy) is 1. The van der Waals surface area contributed by atoms with E-state index in [4.69, 9.17) is 4.74 Å². The Bertz CT molecular complexity index is 1570. The lowest BCUT2D eigenvalue weighted by Gasteiger charge is -2.24. The highest BCUT2D eigenvalue weighted by atomic mass is 19.1. The van der Waals surface area contributed by atoms with Gasteiger partial charge in [-0.15, -0.1) is 0 Å². The van der Waals surface area contributed by atoms with E-state index in [0.29, 0.717) is 0 Å². The molecule has 0 bridgehead atoms. The average Bonchev–Trinajstić information content (AvgIpc) is 2.73. The van der Waals surface area contributed by atoms with E-state index in [2.05, 4.69) is 62.8 Å². The normalized spacial score (nSPS) is 12.4. The molecular formula is C27H21FNO+. The van der Waals surface area contributed by atoms with Crippen molar-refractivity contribution in [2.75, 3.05) is 0 Å². The molecule has 0 spiro atoms. The van der Waals surface area contributed by atoms with Gasteiger partial charge in [-0.1, -0.05) is 29.8 Å². The maximum absolute atomic E-state index is 14.1. The minimum Gasteiger partial charge on any atom is -0.455 e. The van der Waals surface area contributed by atoms with Gasteiger partial charge >= 0.3 is 0 Å². The Balaban J connectivity index is 1.85. The zero-order valence-corrected chi connectivity index (χ0v) is 17.4. The van der Waals surface area contributed by atoms with Gasteiger partial charge in [-0.05, 0) is 66.1 Å². The minimum absolute atomic E-state index is 0.224. The van der Waals surface area contributed by atoms with E-state index in [1.54, 1.807) is 6.07 Å². The summed E-state index contributed by atoms with van der Waals surface area (Å²) in [6, 6.07) is 15.7. The van der Waals surface area contributed by atoms with Crippen LogP contribution < -0.4 is 9.30 Å². The average molecular weight is 394 g/mol. The van der Waals surface area contributed by atoms with Crippen molar-refractivity contribution in [2.24, 2.45) is 7.05 Å². The lowest BCUT2D eigenvalue weighted by Crippen LogP contribution is -2.32. The van der Waals surface area contributed by atoms with Crippen molar-refractivity contribution >= 4 is 32.3 Å². The van der Waals surface area contributed by atoms with Crippen LogP contribution in [0.15, 0.2) is 54.7 Å². The third-order valence-electron chi connectivity index (χ3n) is 6.54. The van der Waals surface area contributed by atoms with Gasteiger partial charge in [0.25, 0.3) is 0 Å². The first-order valence-electron chi connectivity index (χ1n) is 10.2. The molecule has 0 N–H and O–H groups in total. The molecule has 0 saturated heterocycles. The van der Waals surface area contributed by atoms with Crippen LogP contribution in [0.3, 0.4) is 0 Å². The van der Waals surface area contributed by atoms with Crippen LogP contribution >= 0.6 is 0 Å². The smallest absolute Gasteiger partial charge is 0.228 e. The molecule has 146 valence electrons. The number of halogens is 1. The Labute approximate surface area is 174 Å². The number of benzene rings is 4. The van der Waals surface area contributed by atoms with Gasteiger partial charge in [0, 0.05) is 17.0 Å². The third kappa shape index (κ3) is 2.15. The van der Waals surface area contributed by atoms with Gasteiger partial charge in [0.2, 0.25) is 5.69 Å². The molecule has 0 saturated carbocycles. The molecule has 0 amide bonds. The van der Waals surface area contributed by atoms with E-state index < -0.39 is 0 Å². The fourth-order valence-corrected chi connectivity index (χ4v) is 5.04. The number of pyridine rings is 1. The molecule has 4 aromatic carbocycles. The van der Waals surface area contributed by atoms with E-state index in [-0.39, 0.29) is 5.82 Å². The second-order valence-corrected chi connectivity index (χ2v) is 8.41. The number of hydrogen-bond acceptors (Lipinski definition) is 1. The number of fused-ring (bicyclic) bond motifs is 5. The van der Waals surface area contributed by atoms with Crippen molar-refractivity contribution < 1.29 is 13.7 Å². The quantitative estimate of drug-likeness (QED) is 0.204. The molecule has 3 heteroatoms. The molecule has 30 heavy (non-hydrogen) atoms. The monoisotopic (exact) mass is 394 g/mol. The Morgan fingerprint density at radius 1 is 0.800 bits per heavy atom. The van der Waals surface area contributed by atoms with Gasteiger partial charge in [-0.2, -0.15) is 0 Å². The molecule has 1 aliphatic heterocycles. The summed E-state index contributed by atoms with van der Waals surface area (Å²) >= 11 is 0. The van der Waals surface area contributed by atoms with Crippen molar-refractivity contribution in [2.45, 2.75) is 20.8 Å². The Hall–Kier alpha value is -3.46. The van der Waals surface area contributed by atoms with Gasteiger partial charge in [-0.25, -0.2) is 8.96 Å². The Morgan fingerprint density at radius 3 is 2.47 bits per heavy atom. The molecule has 6 rings (SSSR count). The highest BCUT2D eigenvalue weighted by molar-refractivity contribution is 6.16. The summed E-state index contributed by atoms with van der Waals surface area (Å²) < 4.78 is 22.8. The van der Waals surface area contributed by atoms with E-state index >= 15 is 0 Å². The molecule has 0 unspecified atom stereocenters. The minimum atomic E-state index is -0.224.